The first-order chi connectivity index (χ1) is 7.47. The molecule has 1 heterocycles. The molecule has 0 radical (unpaired) electrons. The molecule has 0 saturated heterocycles. The van der Waals surface area contributed by atoms with E-state index >= 15 is 0 Å². The molecule has 1 aromatic rings. The molecule has 0 spiro atoms. The van der Waals surface area contributed by atoms with Crippen molar-refractivity contribution >= 4 is 0 Å². The Kier molecular flexibility index (Phi) is 3.09. The molecule has 16 heavy (non-hydrogen) atoms. The average molecular weight is 220 g/mol. The minimum absolute atomic E-state index is 0.407. The summed E-state index contributed by atoms with van der Waals surface area (Å²) in [5.74, 6) is 1.30. The Balaban J connectivity index is 2.08. The predicted octanol–water partition coefficient (Wildman–Crippen LogP) is 3.90. The van der Waals surface area contributed by atoms with Gasteiger partial charge in [-0.2, -0.15) is 0 Å². The van der Waals surface area contributed by atoms with Crippen molar-refractivity contribution in [3.63, 3.8) is 0 Å². The van der Waals surface area contributed by atoms with Gasteiger partial charge in [-0.25, -0.2) is 4.98 Å². The van der Waals surface area contributed by atoms with Crippen LogP contribution in [0.25, 0.3) is 0 Å². The maximum Gasteiger partial charge on any atom is 0.109 e. The zero-order valence-corrected chi connectivity index (χ0v) is 11.1. The summed E-state index contributed by atoms with van der Waals surface area (Å²) in [6, 6.07) is 0.748. The van der Waals surface area contributed by atoms with Crippen LogP contribution in [0.1, 0.15) is 64.0 Å². The molecule has 1 saturated carbocycles. The highest BCUT2D eigenvalue weighted by Crippen LogP contribution is 2.34. The Morgan fingerprint density at radius 2 is 2.06 bits per heavy atom. The number of aromatic nitrogens is 2. The van der Waals surface area contributed by atoms with Gasteiger partial charge >= 0.3 is 0 Å². The summed E-state index contributed by atoms with van der Waals surface area (Å²) in [5.41, 5.74) is 1.75. The summed E-state index contributed by atoms with van der Waals surface area (Å²) in [6.45, 7) is 9.09. The van der Waals surface area contributed by atoms with Crippen LogP contribution in [0.3, 0.4) is 0 Å². The van der Waals surface area contributed by atoms with Gasteiger partial charge in [0.1, 0.15) is 5.82 Å². The summed E-state index contributed by atoms with van der Waals surface area (Å²) in [7, 11) is 0. The third kappa shape index (κ3) is 2.47. The molecule has 2 rings (SSSR count). The number of rotatable bonds is 3. The molecule has 0 atom stereocenters. The van der Waals surface area contributed by atoms with Crippen molar-refractivity contribution < 1.29 is 0 Å². The van der Waals surface area contributed by atoms with Crippen molar-refractivity contribution in [2.24, 2.45) is 5.41 Å². The molecule has 1 fully saturated rings. The normalized spacial score (nSPS) is 17.5. The fraction of sp³-hybridized carbons (Fsp3) is 0.786. The highest BCUT2D eigenvalue weighted by atomic mass is 15.1. The Morgan fingerprint density at radius 3 is 2.56 bits per heavy atom. The maximum absolute atomic E-state index is 4.58. The van der Waals surface area contributed by atoms with Crippen LogP contribution in [-0.4, -0.2) is 9.55 Å². The van der Waals surface area contributed by atoms with Crippen molar-refractivity contribution in [1.82, 2.24) is 9.55 Å². The summed E-state index contributed by atoms with van der Waals surface area (Å²) in [5, 5.41) is 0. The Bertz CT molecular complexity index is 353. The maximum atomic E-state index is 4.58. The fourth-order valence-electron chi connectivity index (χ4n) is 2.31. The first-order valence-corrected chi connectivity index (χ1v) is 6.50. The molecule has 90 valence electrons. The van der Waals surface area contributed by atoms with Crippen LogP contribution < -0.4 is 0 Å². The average Bonchev–Trinajstić information content (AvgIpc) is 2.42. The van der Waals surface area contributed by atoms with Crippen molar-refractivity contribution in [1.29, 1.82) is 0 Å². The lowest BCUT2D eigenvalue weighted by Crippen LogP contribution is -2.21. The molecule has 2 nitrogen and oxygen atoms in total. The standard InChI is InChI=1S/C14H24N2/c1-11-10-15-13(8-9-14(2,3)4)16(11)12-6-5-7-12/h10,12H,5-9H2,1-4H3. The highest BCUT2D eigenvalue weighted by Gasteiger charge is 2.23. The molecule has 1 aliphatic carbocycles. The van der Waals surface area contributed by atoms with Crippen LogP contribution in [0.2, 0.25) is 0 Å². The minimum atomic E-state index is 0.407. The molecule has 0 aliphatic heterocycles. The summed E-state index contributed by atoms with van der Waals surface area (Å²) in [6.07, 6.45) is 8.46. The van der Waals surface area contributed by atoms with Gasteiger partial charge in [-0.15, -0.1) is 0 Å². The second kappa shape index (κ2) is 4.23. The molecule has 1 aromatic heterocycles. The molecule has 0 N–H and O–H groups in total. The smallest absolute Gasteiger partial charge is 0.109 e. The third-order valence-electron chi connectivity index (χ3n) is 3.60. The van der Waals surface area contributed by atoms with Crippen molar-refractivity contribution in [3.8, 4) is 0 Å². The van der Waals surface area contributed by atoms with Crippen molar-refractivity contribution in [2.45, 2.75) is 65.8 Å². The van der Waals surface area contributed by atoms with Crippen LogP contribution >= 0.6 is 0 Å². The van der Waals surface area contributed by atoms with E-state index in [1.807, 2.05) is 6.20 Å². The van der Waals surface area contributed by atoms with Crippen LogP contribution in [0, 0.1) is 12.3 Å². The van der Waals surface area contributed by atoms with Crippen LogP contribution in [-0.2, 0) is 6.42 Å². The van der Waals surface area contributed by atoms with Gasteiger partial charge in [0, 0.05) is 24.4 Å². The van der Waals surface area contributed by atoms with E-state index in [0.29, 0.717) is 5.41 Å². The molecular weight excluding hydrogens is 196 g/mol. The second-order valence-corrected chi connectivity index (χ2v) is 6.33. The Labute approximate surface area is 99.1 Å². The van der Waals surface area contributed by atoms with Gasteiger partial charge in [0.2, 0.25) is 0 Å². The lowest BCUT2D eigenvalue weighted by atomic mass is 9.89. The van der Waals surface area contributed by atoms with E-state index in [9.17, 15) is 0 Å². The van der Waals surface area contributed by atoms with Crippen molar-refractivity contribution in [3.05, 3.63) is 17.7 Å². The first kappa shape index (κ1) is 11.7. The predicted molar refractivity (Wildman–Crippen MR) is 67.6 cm³/mol. The third-order valence-corrected chi connectivity index (χ3v) is 3.60. The lowest BCUT2D eigenvalue weighted by molar-refractivity contribution is 0.295. The monoisotopic (exact) mass is 220 g/mol. The second-order valence-electron chi connectivity index (χ2n) is 6.33. The SMILES string of the molecule is Cc1cnc(CCC(C)(C)C)n1C1CCC1. The van der Waals surface area contributed by atoms with E-state index in [2.05, 4.69) is 37.2 Å². The first-order valence-electron chi connectivity index (χ1n) is 6.50. The fourth-order valence-corrected chi connectivity index (χ4v) is 2.31. The van der Waals surface area contributed by atoms with Gasteiger partial charge in [-0.05, 0) is 38.0 Å². The van der Waals surface area contributed by atoms with E-state index in [1.54, 1.807) is 0 Å². The highest BCUT2D eigenvalue weighted by molar-refractivity contribution is 5.07. The van der Waals surface area contributed by atoms with Gasteiger partial charge in [0.05, 0.1) is 0 Å². The molecule has 0 amide bonds. The number of nitrogens with zero attached hydrogens (tertiary/aromatic N) is 2. The van der Waals surface area contributed by atoms with Crippen LogP contribution in [0.15, 0.2) is 6.20 Å². The topological polar surface area (TPSA) is 17.8 Å². The van der Waals surface area contributed by atoms with Gasteiger partial charge in [0.15, 0.2) is 0 Å². The molecule has 0 aromatic carbocycles. The van der Waals surface area contributed by atoms with Gasteiger partial charge in [0.25, 0.3) is 0 Å². The zero-order chi connectivity index (χ0) is 11.8. The van der Waals surface area contributed by atoms with Gasteiger partial charge < -0.3 is 4.57 Å². The zero-order valence-electron chi connectivity index (χ0n) is 11.1. The summed E-state index contributed by atoms with van der Waals surface area (Å²) >= 11 is 0. The van der Waals surface area contributed by atoms with E-state index in [4.69, 9.17) is 0 Å². The summed E-state index contributed by atoms with van der Waals surface area (Å²) in [4.78, 5) is 4.58. The van der Waals surface area contributed by atoms with E-state index < -0.39 is 0 Å². The lowest BCUT2D eigenvalue weighted by Gasteiger charge is -2.30. The minimum Gasteiger partial charge on any atom is -0.329 e. The number of aryl methyl sites for hydroxylation is 2. The quantitative estimate of drug-likeness (QED) is 0.755. The number of hydrogen-bond acceptors (Lipinski definition) is 1. The molecule has 1 aliphatic rings. The van der Waals surface area contributed by atoms with E-state index in [-0.39, 0.29) is 0 Å². The van der Waals surface area contributed by atoms with E-state index in [0.717, 1.165) is 12.5 Å². The number of hydrogen-bond donors (Lipinski definition) is 0. The molecular formula is C14H24N2. The largest absolute Gasteiger partial charge is 0.329 e. The Morgan fingerprint density at radius 1 is 1.38 bits per heavy atom. The summed E-state index contributed by atoms with van der Waals surface area (Å²) < 4.78 is 2.48. The molecule has 0 bridgehead atoms. The van der Waals surface area contributed by atoms with E-state index in [1.165, 1.54) is 37.2 Å². The van der Waals surface area contributed by atoms with Gasteiger partial charge in [-0.1, -0.05) is 20.8 Å². The van der Waals surface area contributed by atoms with Crippen LogP contribution in [0.5, 0.6) is 0 Å². The van der Waals surface area contributed by atoms with Crippen molar-refractivity contribution in [2.75, 3.05) is 0 Å². The van der Waals surface area contributed by atoms with Gasteiger partial charge in [-0.3, -0.25) is 0 Å². The molecule has 2 heteroatoms. The molecule has 0 unspecified atom stereocenters. The van der Waals surface area contributed by atoms with Crippen LogP contribution in [0.4, 0.5) is 0 Å². The Hall–Kier alpha value is -0.790. The number of imidazole rings is 1.